The van der Waals surface area contributed by atoms with E-state index in [1.807, 2.05) is 37.3 Å². The number of rotatable bonds is 4. The summed E-state index contributed by atoms with van der Waals surface area (Å²) in [4.78, 5) is 11.2. The molecule has 2 aromatic rings. The fraction of sp³-hybridized carbons (Fsp3) is 0.167. The van der Waals surface area contributed by atoms with Gasteiger partial charge in [0.15, 0.2) is 5.71 Å². The van der Waals surface area contributed by atoms with Gasteiger partial charge in [-0.25, -0.2) is 4.79 Å². The molecule has 0 bridgehead atoms. The van der Waals surface area contributed by atoms with Crippen LogP contribution in [0, 0.1) is 17.7 Å². The quantitative estimate of drug-likeness (QED) is 0.459. The van der Waals surface area contributed by atoms with E-state index in [-0.39, 0.29) is 12.3 Å². The van der Waals surface area contributed by atoms with E-state index in [0.29, 0.717) is 5.56 Å². The van der Waals surface area contributed by atoms with Crippen LogP contribution in [0.25, 0.3) is 0 Å². The van der Waals surface area contributed by atoms with Gasteiger partial charge in [-0.1, -0.05) is 48.0 Å². The average Bonchev–Trinajstić information content (AvgIpc) is 2.58. The average molecular weight is 311 g/mol. The van der Waals surface area contributed by atoms with Crippen LogP contribution < -0.4 is 5.73 Å². The number of carbonyl (C=O) groups is 1. The Balaban J connectivity index is 0.000000277. The Kier molecular flexibility index (Phi) is 7.20. The first-order chi connectivity index (χ1) is 11.0. The SMILES string of the molecule is CCOC(=O)C(=N)C(=N)c1ccccc1.Cc1ccc(N)cc1. The molecule has 0 saturated carbocycles. The lowest BCUT2D eigenvalue weighted by atomic mass is 10.1. The standard InChI is InChI=1S/C11H12N2O2.C7H9N/c1-2-15-11(14)10(13)9(12)8-6-4-3-5-7-8;1-6-2-4-7(8)5-3-6/h3-7,12-13H,2H2,1H3;2-5H,8H2,1H3. The van der Waals surface area contributed by atoms with Gasteiger partial charge in [-0.2, -0.15) is 0 Å². The lowest BCUT2D eigenvalue weighted by Gasteiger charge is -2.04. The maximum atomic E-state index is 11.2. The maximum Gasteiger partial charge on any atom is 0.358 e. The minimum atomic E-state index is -0.758. The van der Waals surface area contributed by atoms with Gasteiger partial charge in [0.05, 0.1) is 12.3 Å². The molecule has 4 N–H and O–H groups in total. The van der Waals surface area contributed by atoms with Gasteiger partial charge in [0.1, 0.15) is 0 Å². The van der Waals surface area contributed by atoms with E-state index in [1.54, 1.807) is 31.2 Å². The second-order valence-corrected chi connectivity index (χ2v) is 4.75. The first-order valence-electron chi connectivity index (χ1n) is 7.17. The molecule has 0 aliphatic rings. The molecular weight excluding hydrogens is 290 g/mol. The van der Waals surface area contributed by atoms with Crippen molar-refractivity contribution in [1.82, 2.24) is 0 Å². The number of aryl methyl sites for hydroxylation is 1. The highest BCUT2D eigenvalue weighted by Crippen LogP contribution is 2.02. The van der Waals surface area contributed by atoms with E-state index in [0.717, 1.165) is 5.69 Å². The van der Waals surface area contributed by atoms with E-state index in [4.69, 9.17) is 16.6 Å². The van der Waals surface area contributed by atoms with Crippen LogP contribution >= 0.6 is 0 Å². The molecule has 120 valence electrons. The summed E-state index contributed by atoms with van der Waals surface area (Å²) in [5.74, 6) is -0.758. The van der Waals surface area contributed by atoms with Crippen molar-refractivity contribution in [2.24, 2.45) is 0 Å². The molecule has 0 fully saturated rings. The molecule has 0 aliphatic carbocycles. The van der Waals surface area contributed by atoms with Crippen LogP contribution in [0.4, 0.5) is 5.69 Å². The number of ether oxygens (including phenoxy) is 1. The summed E-state index contributed by atoms with van der Waals surface area (Å²) in [7, 11) is 0. The third kappa shape index (κ3) is 6.13. The fourth-order valence-electron chi connectivity index (χ4n) is 1.62. The van der Waals surface area contributed by atoms with Crippen LogP contribution in [0.15, 0.2) is 54.6 Å². The van der Waals surface area contributed by atoms with Gasteiger partial charge in [0.25, 0.3) is 0 Å². The molecule has 0 amide bonds. The molecule has 5 nitrogen and oxygen atoms in total. The summed E-state index contributed by atoms with van der Waals surface area (Å²) < 4.78 is 4.64. The lowest BCUT2D eigenvalue weighted by Crippen LogP contribution is -2.25. The molecule has 0 saturated heterocycles. The first-order valence-corrected chi connectivity index (χ1v) is 7.17. The molecule has 0 atom stereocenters. The van der Waals surface area contributed by atoms with Crippen LogP contribution in [0.5, 0.6) is 0 Å². The van der Waals surface area contributed by atoms with E-state index in [2.05, 4.69) is 4.74 Å². The zero-order valence-corrected chi connectivity index (χ0v) is 13.3. The van der Waals surface area contributed by atoms with Gasteiger partial charge >= 0.3 is 5.97 Å². The number of carbonyl (C=O) groups excluding carboxylic acids is 1. The summed E-state index contributed by atoms with van der Waals surface area (Å²) >= 11 is 0. The maximum absolute atomic E-state index is 11.2. The first kappa shape index (κ1) is 18.1. The van der Waals surface area contributed by atoms with Crippen molar-refractivity contribution < 1.29 is 9.53 Å². The molecule has 2 rings (SSSR count). The Labute approximate surface area is 136 Å². The Hall–Kier alpha value is -2.95. The molecule has 0 aromatic heterocycles. The van der Waals surface area contributed by atoms with Crippen molar-refractivity contribution in [3.05, 3.63) is 65.7 Å². The fourth-order valence-corrected chi connectivity index (χ4v) is 1.62. The number of esters is 1. The zero-order valence-electron chi connectivity index (χ0n) is 13.3. The molecule has 0 spiro atoms. The molecule has 5 heteroatoms. The Morgan fingerprint density at radius 1 is 1.04 bits per heavy atom. The van der Waals surface area contributed by atoms with E-state index in [1.165, 1.54) is 5.56 Å². The van der Waals surface area contributed by atoms with E-state index >= 15 is 0 Å². The Morgan fingerprint density at radius 3 is 2.09 bits per heavy atom. The van der Waals surface area contributed by atoms with E-state index in [9.17, 15) is 4.79 Å². The van der Waals surface area contributed by atoms with Gasteiger partial charge in [-0.15, -0.1) is 0 Å². The third-order valence-electron chi connectivity index (χ3n) is 2.87. The van der Waals surface area contributed by atoms with Crippen molar-refractivity contribution in [1.29, 1.82) is 10.8 Å². The highest BCUT2D eigenvalue weighted by atomic mass is 16.5. The highest BCUT2D eigenvalue weighted by molar-refractivity contribution is 6.67. The number of anilines is 1. The second-order valence-electron chi connectivity index (χ2n) is 4.75. The van der Waals surface area contributed by atoms with Gasteiger partial charge in [-0.05, 0) is 26.0 Å². The summed E-state index contributed by atoms with van der Waals surface area (Å²) in [5.41, 5.74) is 7.51. The topological polar surface area (TPSA) is 100 Å². The third-order valence-corrected chi connectivity index (χ3v) is 2.87. The van der Waals surface area contributed by atoms with Gasteiger partial charge in [0.2, 0.25) is 0 Å². The highest BCUT2D eigenvalue weighted by Gasteiger charge is 2.16. The molecule has 0 heterocycles. The number of hydrogen-bond donors (Lipinski definition) is 3. The monoisotopic (exact) mass is 311 g/mol. The van der Waals surface area contributed by atoms with Crippen LogP contribution in [0.2, 0.25) is 0 Å². The van der Waals surface area contributed by atoms with Gasteiger partial charge in [0, 0.05) is 11.3 Å². The molecule has 0 aliphatic heterocycles. The summed E-state index contributed by atoms with van der Waals surface area (Å²) in [6.45, 7) is 3.92. The molecule has 23 heavy (non-hydrogen) atoms. The van der Waals surface area contributed by atoms with Crippen molar-refractivity contribution in [2.75, 3.05) is 12.3 Å². The molecular formula is C18H21N3O2. The van der Waals surface area contributed by atoms with Crippen molar-refractivity contribution in [3.63, 3.8) is 0 Å². The minimum absolute atomic E-state index is 0.117. The van der Waals surface area contributed by atoms with Gasteiger partial charge in [-0.3, -0.25) is 10.8 Å². The van der Waals surface area contributed by atoms with Crippen LogP contribution in [-0.2, 0) is 9.53 Å². The number of hydrogen-bond acceptors (Lipinski definition) is 5. The van der Waals surface area contributed by atoms with Crippen LogP contribution in [-0.4, -0.2) is 24.0 Å². The van der Waals surface area contributed by atoms with Crippen molar-refractivity contribution in [2.45, 2.75) is 13.8 Å². The minimum Gasteiger partial charge on any atom is -0.461 e. The van der Waals surface area contributed by atoms with Crippen molar-refractivity contribution >= 4 is 23.1 Å². The predicted octanol–water partition coefficient (Wildman–Crippen LogP) is 3.21. The number of nitrogens with one attached hydrogen (secondary N) is 2. The van der Waals surface area contributed by atoms with Crippen molar-refractivity contribution in [3.8, 4) is 0 Å². The van der Waals surface area contributed by atoms with E-state index < -0.39 is 11.7 Å². The van der Waals surface area contributed by atoms with Crippen LogP contribution in [0.3, 0.4) is 0 Å². The Bertz CT molecular complexity index is 643. The smallest absolute Gasteiger partial charge is 0.358 e. The summed E-state index contributed by atoms with van der Waals surface area (Å²) in [5, 5.41) is 15.1. The molecule has 2 aromatic carbocycles. The Morgan fingerprint density at radius 2 is 1.61 bits per heavy atom. The van der Waals surface area contributed by atoms with Gasteiger partial charge < -0.3 is 10.5 Å². The van der Waals surface area contributed by atoms with Crippen LogP contribution in [0.1, 0.15) is 18.1 Å². The second kappa shape index (κ2) is 9.15. The number of nitrogen functional groups attached to an aromatic ring is 1. The lowest BCUT2D eigenvalue weighted by molar-refractivity contribution is -0.134. The normalized spacial score (nSPS) is 9.30. The zero-order chi connectivity index (χ0) is 17.2. The predicted molar refractivity (Wildman–Crippen MR) is 93.2 cm³/mol. The number of nitrogens with two attached hydrogens (primary N) is 1. The molecule has 0 radical (unpaired) electrons. The largest absolute Gasteiger partial charge is 0.461 e. The summed E-state index contributed by atoms with van der Waals surface area (Å²) in [6, 6.07) is 16.5. The summed E-state index contributed by atoms with van der Waals surface area (Å²) in [6.07, 6.45) is 0. The molecule has 0 unspecified atom stereocenters. The number of benzene rings is 2.